The van der Waals surface area contributed by atoms with Gasteiger partial charge in [-0.05, 0) is 13.0 Å². The Labute approximate surface area is 74.4 Å². The highest BCUT2D eigenvalue weighted by Crippen LogP contribution is 2.20. The molecule has 0 spiro atoms. The highest BCUT2D eigenvalue weighted by atomic mass is 19.1. The van der Waals surface area contributed by atoms with E-state index in [-0.39, 0.29) is 11.6 Å². The normalized spacial score (nSPS) is 10.6. The Morgan fingerprint density at radius 2 is 2.23 bits per heavy atom. The third-order valence-corrected chi connectivity index (χ3v) is 2.04. The number of hydrogen-bond acceptors (Lipinski definition) is 1. The number of aromatic nitrogens is 1. The van der Waals surface area contributed by atoms with E-state index >= 15 is 0 Å². The number of para-hydroxylation sites is 1. The standard InChI is InChI=1S/C10H8FNO/c1-6(13)8-5-12-10-7(8)3-2-4-9(10)11/h2-5,12H,1H3. The molecule has 0 saturated carbocycles. The summed E-state index contributed by atoms with van der Waals surface area (Å²) in [5.41, 5.74) is 0.933. The molecule has 0 atom stereocenters. The Kier molecular flexibility index (Phi) is 1.65. The van der Waals surface area contributed by atoms with Crippen LogP contribution >= 0.6 is 0 Å². The minimum absolute atomic E-state index is 0.0585. The largest absolute Gasteiger partial charge is 0.358 e. The van der Waals surface area contributed by atoms with Gasteiger partial charge < -0.3 is 4.98 Å². The summed E-state index contributed by atoms with van der Waals surface area (Å²) < 4.78 is 13.1. The van der Waals surface area contributed by atoms with Crippen LogP contribution in [0.4, 0.5) is 4.39 Å². The highest BCUT2D eigenvalue weighted by Gasteiger charge is 2.09. The molecule has 2 rings (SSSR count). The quantitative estimate of drug-likeness (QED) is 0.667. The summed E-state index contributed by atoms with van der Waals surface area (Å²) in [5.74, 6) is -0.387. The number of nitrogens with one attached hydrogen (secondary N) is 1. The van der Waals surface area contributed by atoms with E-state index in [9.17, 15) is 9.18 Å². The fraction of sp³-hybridized carbons (Fsp3) is 0.100. The number of rotatable bonds is 1. The lowest BCUT2D eigenvalue weighted by atomic mass is 10.1. The van der Waals surface area contributed by atoms with Gasteiger partial charge in [-0.15, -0.1) is 0 Å². The summed E-state index contributed by atoms with van der Waals surface area (Å²) in [4.78, 5) is 13.8. The van der Waals surface area contributed by atoms with Gasteiger partial charge in [0.15, 0.2) is 5.78 Å². The van der Waals surface area contributed by atoms with Crippen LogP contribution in [0.3, 0.4) is 0 Å². The van der Waals surface area contributed by atoms with Gasteiger partial charge in [-0.2, -0.15) is 0 Å². The lowest BCUT2D eigenvalue weighted by Gasteiger charge is -1.92. The van der Waals surface area contributed by atoms with E-state index in [0.717, 1.165) is 0 Å². The summed E-state index contributed by atoms with van der Waals surface area (Å²) in [6.07, 6.45) is 1.54. The van der Waals surface area contributed by atoms with Crippen LogP contribution < -0.4 is 0 Å². The van der Waals surface area contributed by atoms with Gasteiger partial charge in [0.2, 0.25) is 0 Å². The van der Waals surface area contributed by atoms with Crippen molar-refractivity contribution in [3.8, 4) is 0 Å². The van der Waals surface area contributed by atoms with Crippen LogP contribution in [0.2, 0.25) is 0 Å². The number of hydrogen-bond donors (Lipinski definition) is 1. The van der Waals surface area contributed by atoms with Gasteiger partial charge in [-0.1, -0.05) is 12.1 Å². The molecule has 66 valence electrons. The van der Waals surface area contributed by atoms with E-state index < -0.39 is 0 Å². The zero-order chi connectivity index (χ0) is 9.42. The number of fused-ring (bicyclic) bond motifs is 1. The number of carbonyl (C=O) groups is 1. The summed E-state index contributed by atoms with van der Waals surface area (Å²) in [6.45, 7) is 1.47. The Morgan fingerprint density at radius 1 is 1.46 bits per heavy atom. The molecule has 1 N–H and O–H groups in total. The summed E-state index contributed by atoms with van der Waals surface area (Å²) in [6, 6.07) is 4.69. The van der Waals surface area contributed by atoms with Gasteiger partial charge in [0.25, 0.3) is 0 Å². The number of carbonyl (C=O) groups excluding carboxylic acids is 1. The van der Waals surface area contributed by atoms with Crippen molar-refractivity contribution in [3.05, 3.63) is 35.8 Å². The Morgan fingerprint density at radius 3 is 2.92 bits per heavy atom. The van der Waals surface area contributed by atoms with Crippen LogP contribution in [-0.4, -0.2) is 10.8 Å². The maximum absolute atomic E-state index is 13.1. The van der Waals surface area contributed by atoms with E-state index in [1.54, 1.807) is 12.1 Å². The van der Waals surface area contributed by atoms with Crippen LogP contribution in [0.5, 0.6) is 0 Å². The molecule has 1 aromatic carbocycles. The summed E-state index contributed by atoms with van der Waals surface area (Å²) in [7, 11) is 0. The van der Waals surface area contributed by atoms with Gasteiger partial charge in [0.1, 0.15) is 5.82 Å². The third-order valence-electron chi connectivity index (χ3n) is 2.04. The molecule has 1 heterocycles. The van der Waals surface area contributed by atoms with E-state index in [4.69, 9.17) is 0 Å². The first-order valence-corrected chi connectivity index (χ1v) is 3.96. The Hall–Kier alpha value is -1.64. The topological polar surface area (TPSA) is 32.9 Å². The zero-order valence-electron chi connectivity index (χ0n) is 7.10. The third kappa shape index (κ3) is 1.13. The van der Waals surface area contributed by atoms with E-state index in [2.05, 4.69) is 4.98 Å². The Balaban J connectivity index is 2.83. The number of Topliss-reactive ketones (excluding diaryl/α,β-unsaturated/α-hetero) is 1. The average molecular weight is 177 g/mol. The fourth-order valence-electron chi connectivity index (χ4n) is 1.41. The molecular formula is C10H8FNO. The van der Waals surface area contributed by atoms with Crippen LogP contribution in [-0.2, 0) is 0 Å². The molecule has 0 bridgehead atoms. The second-order valence-electron chi connectivity index (χ2n) is 2.92. The predicted molar refractivity (Wildman–Crippen MR) is 48.3 cm³/mol. The van der Waals surface area contributed by atoms with Gasteiger partial charge in [0, 0.05) is 17.1 Å². The van der Waals surface area contributed by atoms with E-state index in [1.165, 1.54) is 19.2 Å². The van der Waals surface area contributed by atoms with Gasteiger partial charge in [-0.25, -0.2) is 4.39 Å². The molecule has 3 heteroatoms. The van der Waals surface area contributed by atoms with Crippen molar-refractivity contribution in [2.24, 2.45) is 0 Å². The molecule has 0 aliphatic carbocycles. The van der Waals surface area contributed by atoms with Crippen molar-refractivity contribution in [3.63, 3.8) is 0 Å². The number of benzene rings is 1. The molecule has 0 fully saturated rings. The van der Waals surface area contributed by atoms with Crippen molar-refractivity contribution >= 4 is 16.7 Å². The smallest absolute Gasteiger partial charge is 0.161 e. The van der Waals surface area contributed by atoms with Crippen LogP contribution in [0.25, 0.3) is 10.9 Å². The first-order chi connectivity index (χ1) is 6.20. The van der Waals surface area contributed by atoms with Gasteiger partial charge >= 0.3 is 0 Å². The van der Waals surface area contributed by atoms with Gasteiger partial charge in [0.05, 0.1) is 5.52 Å². The summed E-state index contributed by atoms with van der Waals surface area (Å²) in [5, 5.41) is 0.646. The lowest BCUT2D eigenvalue weighted by molar-refractivity contribution is 0.101. The summed E-state index contributed by atoms with van der Waals surface area (Å²) >= 11 is 0. The van der Waals surface area contributed by atoms with Crippen molar-refractivity contribution in [2.75, 3.05) is 0 Å². The van der Waals surface area contributed by atoms with Gasteiger partial charge in [-0.3, -0.25) is 4.79 Å². The molecule has 0 amide bonds. The molecule has 0 saturated heterocycles. The minimum atomic E-state index is -0.329. The molecule has 0 aliphatic heterocycles. The van der Waals surface area contributed by atoms with Crippen molar-refractivity contribution in [1.29, 1.82) is 0 Å². The van der Waals surface area contributed by atoms with E-state index in [1.807, 2.05) is 0 Å². The monoisotopic (exact) mass is 177 g/mol. The zero-order valence-corrected chi connectivity index (χ0v) is 7.10. The molecule has 13 heavy (non-hydrogen) atoms. The molecule has 0 radical (unpaired) electrons. The minimum Gasteiger partial charge on any atom is -0.358 e. The number of H-pyrrole nitrogens is 1. The number of aromatic amines is 1. The highest BCUT2D eigenvalue weighted by molar-refractivity contribution is 6.06. The first-order valence-electron chi connectivity index (χ1n) is 3.96. The van der Waals surface area contributed by atoms with E-state index in [0.29, 0.717) is 16.5 Å². The van der Waals surface area contributed by atoms with Crippen molar-refractivity contribution < 1.29 is 9.18 Å². The first kappa shape index (κ1) is 7.98. The molecule has 2 nitrogen and oxygen atoms in total. The molecule has 2 aromatic rings. The number of halogens is 1. The fourth-order valence-corrected chi connectivity index (χ4v) is 1.41. The maximum Gasteiger partial charge on any atom is 0.161 e. The second-order valence-corrected chi connectivity index (χ2v) is 2.92. The SMILES string of the molecule is CC(=O)c1c[nH]c2c(F)cccc12. The van der Waals surface area contributed by atoms with Crippen molar-refractivity contribution in [2.45, 2.75) is 6.92 Å². The predicted octanol–water partition coefficient (Wildman–Crippen LogP) is 2.51. The molecule has 0 aliphatic rings. The maximum atomic E-state index is 13.1. The molecular weight excluding hydrogens is 169 g/mol. The van der Waals surface area contributed by atoms with Crippen LogP contribution in [0.1, 0.15) is 17.3 Å². The molecule has 1 aromatic heterocycles. The van der Waals surface area contributed by atoms with Crippen LogP contribution in [0.15, 0.2) is 24.4 Å². The lowest BCUT2D eigenvalue weighted by Crippen LogP contribution is -1.88. The average Bonchev–Trinajstić information content (AvgIpc) is 2.48. The number of ketones is 1. The van der Waals surface area contributed by atoms with Crippen molar-refractivity contribution in [1.82, 2.24) is 4.98 Å². The Bertz CT molecular complexity index is 473. The molecule has 0 unspecified atom stereocenters. The van der Waals surface area contributed by atoms with Crippen LogP contribution in [0, 0.1) is 5.82 Å². The second kappa shape index (κ2) is 2.69.